The Morgan fingerprint density at radius 1 is 0.977 bits per heavy atom. The van der Waals surface area contributed by atoms with Crippen molar-refractivity contribution in [2.24, 2.45) is 0 Å². The summed E-state index contributed by atoms with van der Waals surface area (Å²) < 4.78 is 7.12. The van der Waals surface area contributed by atoms with Crippen molar-refractivity contribution >= 4 is 39.9 Å². The molecule has 216 valence electrons. The fourth-order valence-electron chi connectivity index (χ4n) is 4.15. The van der Waals surface area contributed by atoms with Crippen molar-refractivity contribution < 1.29 is 14.6 Å². The molecule has 0 unspecified atom stereocenters. The molecule has 0 saturated carbocycles. The minimum absolute atomic E-state index is 0.119. The van der Waals surface area contributed by atoms with E-state index in [2.05, 4.69) is 27.0 Å². The predicted octanol–water partition coefficient (Wildman–Crippen LogP) is 5.93. The fourth-order valence-corrected chi connectivity index (χ4v) is 4.15. The van der Waals surface area contributed by atoms with Gasteiger partial charge in [-0.1, -0.05) is 49.1 Å². The first-order chi connectivity index (χ1) is 21.4. The summed E-state index contributed by atoms with van der Waals surface area (Å²) >= 11 is 0. The number of nitrogens with one attached hydrogen (secondary N) is 1. The van der Waals surface area contributed by atoms with Gasteiger partial charge in [-0.3, -0.25) is 4.79 Å². The highest BCUT2D eigenvalue weighted by molar-refractivity contribution is 6.11. The summed E-state index contributed by atoms with van der Waals surface area (Å²) in [6.45, 7) is 3.73. The second kappa shape index (κ2) is 12.9. The number of phenols is 1. The summed E-state index contributed by atoms with van der Waals surface area (Å²) in [5, 5.41) is 27.2. The molecule has 0 aliphatic rings. The summed E-state index contributed by atoms with van der Waals surface area (Å²) in [7, 11) is 0. The number of aromatic hydroxyl groups is 1. The number of hydrogen-bond donors (Lipinski definition) is 4. The van der Waals surface area contributed by atoms with Crippen LogP contribution in [0.25, 0.3) is 22.8 Å². The minimum Gasteiger partial charge on any atom is -0.505 e. The van der Waals surface area contributed by atoms with Crippen molar-refractivity contribution in [3.8, 4) is 29.3 Å². The van der Waals surface area contributed by atoms with E-state index in [9.17, 15) is 9.90 Å². The third kappa shape index (κ3) is 6.29. The lowest BCUT2D eigenvalue weighted by Gasteiger charge is -2.12. The van der Waals surface area contributed by atoms with Crippen LogP contribution in [-0.4, -0.2) is 30.8 Å². The van der Waals surface area contributed by atoms with Gasteiger partial charge in [0.15, 0.2) is 5.75 Å². The lowest BCUT2D eigenvalue weighted by Crippen LogP contribution is -2.12. The topological polar surface area (TPSA) is 178 Å². The molecule has 0 bridgehead atoms. The van der Waals surface area contributed by atoms with Crippen LogP contribution in [0.3, 0.4) is 0 Å². The van der Waals surface area contributed by atoms with Crippen LogP contribution in [0, 0.1) is 11.3 Å². The normalized spacial score (nSPS) is 10.2. The molecule has 0 aliphatic heterocycles. The average molecular weight is 583 g/mol. The van der Waals surface area contributed by atoms with Crippen LogP contribution in [-0.2, 0) is 0 Å². The second-order valence-electron chi connectivity index (χ2n) is 9.28. The molecule has 6 N–H and O–H groups in total. The van der Waals surface area contributed by atoms with Gasteiger partial charge in [-0.25, -0.2) is 9.97 Å². The summed E-state index contributed by atoms with van der Waals surface area (Å²) in [6.07, 6.45) is 6.30. The molecular weight excluding hydrogens is 556 g/mol. The first-order valence-corrected chi connectivity index (χ1v) is 13.2. The van der Waals surface area contributed by atoms with Gasteiger partial charge < -0.3 is 26.6 Å². The Morgan fingerprint density at radius 3 is 2.27 bits per heavy atom. The number of amides is 1. The Morgan fingerprint density at radius 2 is 1.64 bits per heavy atom. The molecular formula is C33H26N8O3. The number of carbonyl (C=O) groups excluding carboxylic acids is 1. The van der Waals surface area contributed by atoms with Crippen LogP contribution in [0.1, 0.15) is 21.5 Å². The Kier molecular flexibility index (Phi) is 8.45. The van der Waals surface area contributed by atoms with Gasteiger partial charge in [-0.15, -0.1) is 0 Å². The van der Waals surface area contributed by atoms with Gasteiger partial charge >= 0.3 is 0 Å². The number of aromatic nitrogens is 4. The Bertz CT molecular complexity index is 1980. The zero-order valence-corrected chi connectivity index (χ0v) is 23.3. The molecule has 0 spiro atoms. The molecule has 4 aromatic carbocycles. The molecule has 2 aromatic heterocycles. The molecule has 11 nitrogen and oxygen atoms in total. The van der Waals surface area contributed by atoms with E-state index in [1.54, 1.807) is 60.9 Å². The SMILES string of the molecule is C=Cc1ccc(Oc2ccc(NC(=O)c3cc4ccccc4c(N)c3O)cc2)cc1.N#Cc1cnn(-c2ncccn2)c1N. The lowest BCUT2D eigenvalue weighted by atomic mass is 10.0. The van der Waals surface area contributed by atoms with E-state index in [1.807, 2.05) is 48.5 Å². The number of nitriles is 1. The van der Waals surface area contributed by atoms with Crippen LogP contribution in [0.5, 0.6) is 17.2 Å². The standard InChI is InChI=1S/C25H20N2O3.C8H6N6/c1-2-16-7-11-19(12-8-16)30-20-13-9-18(10-14-20)27-25(29)22-15-17-5-3-4-6-21(17)23(26)24(22)28;9-4-6-5-13-14(7(6)10)8-11-2-1-3-12-8/h2-15,28H,1,26H2,(H,27,29);1-3,5H,10H2. The zero-order valence-electron chi connectivity index (χ0n) is 23.3. The van der Waals surface area contributed by atoms with Crippen molar-refractivity contribution in [1.29, 1.82) is 5.26 Å². The van der Waals surface area contributed by atoms with Crippen molar-refractivity contribution in [3.05, 3.63) is 127 Å². The molecule has 6 rings (SSSR count). The van der Waals surface area contributed by atoms with Crippen molar-refractivity contribution in [2.45, 2.75) is 0 Å². The number of phenolic OH excluding ortho intramolecular Hbond substituents is 1. The number of benzene rings is 4. The molecule has 0 atom stereocenters. The van der Waals surface area contributed by atoms with Crippen LogP contribution in [0.4, 0.5) is 17.2 Å². The van der Waals surface area contributed by atoms with Gasteiger partial charge in [0.25, 0.3) is 11.9 Å². The Balaban J connectivity index is 0.000000229. The van der Waals surface area contributed by atoms with Crippen LogP contribution < -0.4 is 21.5 Å². The maximum Gasteiger partial charge on any atom is 0.259 e. The maximum atomic E-state index is 12.7. The van der Waals surface area contributed by atoms with Gasteiger partial charge in [0.05, 0.1) is 17.4 Å². The second-order valence-corrected chi connectivity index (χ2v) is 9.28. The van der Waals surface area contributed by atoms with Crippen molar-refractivity contribution in [3.63, 3.8) is 0 Å². The van der Waals surface area contributed by atoms with E-state index in [-0.39, 0.29) is 22.8 Å². The molecule has 0 aliphatic carbocycles. The molecule has 6 aromatic rings. The summed E-state index contributed by atoms with van der Waals surface area (Å²) in [5.74, 6) is 1.27. The van der Waals surface area contributed by atoms with E-state index < -0.39 is 5.91 Å². The quantitative estimate of drug-likeness (QED) is 0.137. The Labute approximate surface area is 252 Å². The number of nitrogens with two attached hydrogens (primary N) is 2. The number of nitrogens with zero attached hydrogens (tertiary/aromatic N) is 5. The largest absolute Gasteiger partial charge is 0.505 e. The van der Waals surface area contributed by atoms with Gasteiger partial charge in [0.2, 0.25) is 0 Å². The molecule has 2 heterocycles. The molecule has 0 radical (unpaired) electrons. The highest BCUT2D eigenvalue weighted by Crippen LogP contribution is 2.34. The van der Waals surface area contributed by atoms with Gasteiger partial charge in [-0.2, -0.15) is 15.0 Å². The van der Waals surface area contributed by atoms with Gasteiger partial charge in [0.1, 0.15) is 28.9 Å². The molecule has 11 heteroatoms. The van der Waals surface area contributed by atoms with Crippen LogP contribution in [0.2, 0.25) is 0 Å². The smallest absolute Gasteiger partial charge is 0.259 e. The van der Waals surface area contributed by atoms with E-state index in [0.717, 1.165) is 10.9 Å². The van der Waals surface area contributed by atoms with Gasteiger partial charge in [-0.05, 0) is 59.5 Å². The van der Waals surface area contributed by atoms with E-state index >= 15 is 0 Å². The number of fused-ring (bicyclic) bond motifs is 1. The van der Waals surface area contributed by atoms with E-state index in [0.29, 0.717) is 34.1 Å². The summed E-state index contributed by atoms with van der Waals surface area (Å²) in [4.78, 5) is 20.6. The number of ether oxygens (including phenoxy) is 1. The van der Waals surface area contributed by atoms with Crippen LogP contribution >= 0.6 is 0 Å². The molecule has 0 saturated heterocycles. The minimum atomic E-state index is -0.446. The highest BCUT2D eigenvalue weighted by atomic mass is 16.5. The fraction of sp³-hybridized carbons (Fsp3) is 0. The molecule has 1 amide bonds. The summed E-state index contributed by atoms with van der Waals surface area (Å²) in [6, 6.07) is 27.1. The third-order valence-corrected chi connectivity index (χ3v) is 6.44. The summed E-state index contributed by atoms with van der Waals surface area (Å²) in [5.41, 5.74) is 13.9. The van der Waals surface area contributed by atoms with E-state index in [4.69, 9.17) is 21.5 Å². The lowest BCUT2D eigenvalue weighted by molar-refractivity contribution is 0.102. The molecule has 0 fully saturated rings. The average Bonchev–Trinajstić information content (AvgIpc) is 3.44. The number of hydrogen-bond acceptors (Lipinski definition) is 9. The van der Waals surface area contributed by atoms with Gasteiger partial charge in [0, 0.05) is 23.5 Å². The molecule has 44 heavy (non-hydrogen) atoms. The number of rotatable bonds is 6. The predicted molar refractivity (Wildman–Crippen MR) is 169 cm³/mol. The number of nitrogen functional groups attached to an aromatic ring is 2. The zero-order chi connectivity index (χ0) is 31.1. The third-order valence-electron chi connectivity index (χ3n) is 6.44. The van der Waals surface area contributed by atoms with Crippen molar-refractivity contribution in [1.82, 2.24) is 19.7 Å². The van der Waals surface area contributed by atoms with Crippen LogP contribution in [0.15, 0.2) is 110 Å². The first kappa shape index (κ1) is 28.8. The first-order valence-electron chi connectivity index (χ1n) is 13.2. The highest BCUT2D eigenvalue weighted by Gasteiger charge is 2.17. The number of carbonyl (C=O) groups is 1. The Hall–Kier alpha value is -6.67. The van der Waals surface area contributed by atoms with E-state index in [1.165, 1.54) is 10.9 Å². The number of anilines is 3. The van der Waals surface area contributed by atoms with Crippen molar-refractivity contribution in [2.75, 3.05) is 16.8 Å². The maximum absolute atomic E-state index is 12.7. The monoisotopic (exact) mass is 582 g/mol.